The molecule has 0 aromatic rings. The van der Waals surface area contributed by atoms with Crippen molar-refractivity contribution in [2.24, 2.45) is 0 Å². The number of hydrogen-bond donors (Lipinski definition) is 2. The number of carboxylic acid groups (broad SMARTS) is 1. The van der Waals surface area contributed by atoms with Crippen molar-refractivity contribution in [1.82, 2.24) is 5.32 Å². The molecule has 0 saturated carbocycles. The molecule has 1 amide bonds. The lowest BCUT2D eigenvalue weighted by Gasteiger charge is -2.01. The van der Waals surface area contributed by atoms with E-state index < -0.39 is 6.09 Å². The van der Waals surface area contributed by atoms with Crippen LogP contribution in [0.1, 0.15) is 84.0 Å². The highest BCUT2D eigenvalue weighted by atomic mass is 16.4. The first-order valence-electron chi connectivity index (χ1n) is 8.39. The van der Waals surface area contributed by atoms with Crippen LogP contribution >= 0.6 is 0 Å². The van der Waals surface area contributed by atoms with Crippen LogP contribution < -0.4 is 5.32 Å². The molecule has 0 aromatic carbocycles. The summed E-state index contributed by atoms with van der Waals surface area (Å²) in [6.45, 7) is 2.84. The second-order valence-corrected chi connectivity index (χ2v) is 5.46. The number of rotatable bonds is 14. The zero-order chi connectivity index (χ0) is 14.9. The Morgan fingerprint density at radius 3 is 1.90 bits per heavy atom. The van der Waals surface area contributed by atoms with E-state index in [4.69, 9.17) is 5.11 Å². The van der Waals surface area contributed by atoms with Crippen LogP contribution in [0.3, 0.4) is 0 Å². The summed E-state index contributed by atoms with van der Waals surface area (Å²) in [5.74, 6) is 0. The average Bonchev–Trinajstić information content (AvgIpc) is 2.43. The summed E-state index contributed by atoms with van der Waals surface area (Å²) in [4.78, 5) is 10.2. The van der Waals surface area contributed by atoms with E-state index in [2.05, 4.69) is 24.4 Å². The van der Waals surface area contributed by atoms with E-state index in [0.29, 0.717) is 6.54 Å². The molecular formula is C17H33NO2. The highest BCUT2D eigenvalue weighted by Crippen LogP contribution is 2.08. The Morgan fingerprint density at radius 1 is 0.850 bits per heavy atom. The number of allylic oxidation sites excluding steroid dienone is 2. The molecule has 0 heterocycles. The summed E-state index contributed by atoms with van der Waals surface area (Å²) in [6.07, 6.45) is 18.8. The van der Waals surface area contributed by atoms with Crippen molar-refractivity contribution in [1.29, 1.82) is 0 Å². The average molecular weight is 283 g/mol. The lowest BCUT2D eigenvalue weighted by molar-refractivity contribution is 0.194. The Kier molecular flexibility index (Phi) is 15.3. The summed E-state index contributed by atoms with van der Waals surface area (Å²) < 4.78 is 0. The van der Waals surface area contributed by atoms with Gasteiger partial charge < -0.3 is 10.4 Å². The lowest BCUT2D eigenvalue weighted by Crippen LogP contribution is -2.21. The molecule has 118 valence electrons. The molecule has 0 spiro atoms. The van der Waals surface area contributed by atoms with Gasteiger partial charge in [0.05, 0.1) is 0 Å². The first kappa shape index (κ1) is 19.0. The highest BCUT2D eigenvalue weighted by molar-refractivity contribution is 5.64. The Morgan fingerprint density at radius 2 is 1.35 bits per heavy atom. The molecule has 3 heteroatoms. The molecule has 2 N–H and O–H groups in total. The molecular weight excluding hydrogens is 250 g/mol. The standard InChI is InChI=1S/C17H33NO2/c1-2-3-4-5-6-7-8-9-10-11-12-13-14-15-16-18-17(19)20/h7-8,18H,2-6,9-16H2,1H3,(H,19,20). The summed E-state index contributed by atoms with van der Waals surface area (Å²) >= 11 is 0. The highest BCUT2D eigenvalue weighted by Gasteiger charge is 1.94. The van der Waals surface area contributed by atoms with Gasteiger partial charge in [-0.25, -0.2) is 4.79 Å². The summed E-state index contributed by atoms with van der Waals surface area (Å²) in [6, 6.07) is 0. The van der Waals surface area contributed by atoms with Gasteiger partial charge in [-0.2, -0.15) is 0 Å². The zero-order valence-corrected chi connectivity index (χ0v) is 13.2. The van der Waals surface area contributed by atoms with Gasteiger partial charge in [0.2, 0.25) is 0 Å². The Labute approximate surface area is 124 Å². The van der Waals surface area contributed by atoms with Crippen molar-refractivity contribution >= 4 is 6.09 Å². The number of nitrogens with one attached hydrogen (secondary N) is 1. The molecule has 0 aromatic heterocycles. The van der Waals surface area contributed by atoms with Crippen molar-refractivity contribution in [3.8, 4) is 0 Å². The fourth-order valence-electron chi connectivity index (χ4n) is 2.21. The second-order valence-electron chi connectivity index (χ2n) is 5.46. The number of hydrogen-bond acceptors (Lipinski definition) is 1. The molecule has 0 saturated heterocycles. The van der Waals surface area contributed by atoms with Gasteiger partial charge in [-0.3, -0.25) is 0 Å². The van der Waals surface area contributed by atoms with Gasteiger partial charge in [0, 0.05) is 6.54 Å². The minimum Gasteiger partial charge on any atom is -0.465 e. The SMILES string of the molecule is CCCCCCC=CCCCCCCCCNC(=O)O. The van der Waals surface area contributed by atoms with E-state index in [1.165, 1.54) is 64.2 Å². The fourth-order valence-corrected chi connectivity index (χ4v) is 2.21. The molecule has 20 heavy (non-hydrogen) atoms. The van der Waals surface area contributed by atoms with E-state index in [1.807, 2.05) is 0 Å². The van der Waals surface area contributed by atoms with Crippen LogP contribution in [0, 0.1) is 0 Å². The van der Waals surface area contributed by atoms with Gasteiger partial charge in [-0.05, 0) is 32.1 Å². The number of amides is 1. The smallest absolute Gasteiger partial charge is 0.404 e. The maximum Gasteiger partial charge on any atom is 0.404 e. The van der Waals surface area contributed by atoms with Gasteiger partial charge in [0.15, 0.2) is 0 Å². The van der Waals surface area contributed by atoms with Crippen molar-refractivity contribution in [2.45, 2.75) is 84.0 Å². The summed E-state index contributed by atoms with van der Waals surface area (Å²) in [5.41, 5.74) is 0. The molecule has 3 nitrogen and oxygen atoms in total. The third kappa shape index (κ3) is 17.0. The van der Waals surface area contributed by atoms with E-state index in [0.717, 1.165) is 12.8 Å². The monoisotopic (exact) mass is 283 g/mol. The van der Waals surface area contributed by atoms with E-state index >= 15 is 0 Å². The molecule has 0 rings (SSSR count). The van der Waals surface area contributed by atoms with Crippen molar-refractivity contribution < 1.29 is 9.90 Å². The molecule has 0 bridgehead atoms. The molecule has 0 fully saturated rings. The molecule has 0 aliphatic rings. The molecule has 0 atom stereocenters. The third-order valence-electron chi connectivity index (χ3n) is 3.46. The predicted octanol–water partition coefficient (Wildman–Crippen LogP) is 5.51. The van der Waals surface area contributed by atoms with Crippen LogP contribution in [0.5, 0.6) is 0 Å². The summed E-state index contributed by atoms with van der Waals surface area (Å²) in [7, 11) is 0. The van der Waals surface area contributed by atoms with E-state index in [1.54, 1.807) is 0 Å². The van der Waals surface area contributed by atoms with Crippen molar-refractivity contribution in [3.05, 3.63) is 12.2 Å². The largest absolute Gasteiger partial charge is 0.465 e. The quantitative estimate of drug-likeness (QED) is 0.326. The van der Waals surface area contributed by atoms with E-state index in [9.17, 15) is 4.79 Å². The fraction of sp³-hybridized carbons (Fsp3) is 0.824. The van der Waals surface area contributed by atoms with Gasteiger partial charge in [0.1, 0.15) is 0 Å². The van der Waals surface area contributed by atoms with Crippen molar-refractivity contribution in [2.75, 3.05) is 6.54 Å². The maximum absolute atomic E-state index is 10.2. The van der Waals surface area contributed by atoms with Crippen LogP contribution in [0.2, 0.25) is 0 Å². The summed E-state index contributed by atoms with van der Waals surface area (Å²) in [5, 5.41) is 10.8. The van der Waals surface area contributed by atoms with Crippen LogP contribution in [0.25, 0.3) is 0 Å². The topological polar surface area (TPSA) is 49.3 Å². The Hall–Kier alpha value is -0.990. The molecule has 0 radical (unpaired) electrons. The predicted molar refractivity (Wildman–Crippen MR) is 86.2 cm³/mol. The first-order chi connectivity index (χ1) is 9.77. The third-order valence-corrected chi connectivity index (χ3v) is 3.46. The van der Waals surface area contributed by atoms with Gasteiger partial charge >= 0.3 is 6.09 Å². The van der Waals surface area contributed by atoms with Crippen LogP contribution in [-0.4, -0.2) is 17.7 Å². The van der Waals surface area contributed by atoms with E-state index in [-0.39, 0.29) is 0 Å². The number of unbranched alkanes of at least 4 members (excludes halogenated alkanes) is 10. The van der Waals surface area contributed by atoms with Gasteiger partial charge in [0.25, 0.3) is 0 Å². The normalized spacial score (nSPS) is 11.1. The minimum atomic E-state index is -0.911. The van der Waals surface area contributed by atoms with Gasteiger partial charge in [-0.15, -0.1) is 0 Å². The maximum atomic E-state index is 10.2. The Balaban J connectivity index is 3.05. The second kappa shape index (κ2) is 16.1. The van der Waals surface area contributed by atoms with Crippen LogP contribution in [-0.2, 0) is 0 Å². The molecule has 0 aliphatic carbocycles. The first-order valence-corrected chi connectivity index (χ1v) is 8.39. The van der Waals surface area contributed by atoms with Crippen molar-refractivity contribution in [3.63, 3.8) is 0 Å². The Bertz CT molecular complexity index is 239. The molecule has 0 aliphatic heterocycles. The lowest BCUT2D eigenvalue weighted by atomic mass is 10.1. The van der Waals surface area contributed by atoms with Gasteiger partial charge in [-0.1, -0.05) is 64.0 Å². The van der Waals surface area contributed by atoms with Crippen LogP contribution in [0.4, 0.5) is 4.79 Å². The number of carbonyl (C=O) groups is 1. The zero-order valence-electron chi connectivity index (χ0n) is 13.2. The minimum absolute atomic E-state index is 0.593. The molecule has 0 unspecified atom stereocenters. The van der Waals surface area contributed by atoms with Crippen LogP contribution in [0.15, 0.2) is 12.2 Å².